The summed E-state index contributed by atoms with van der Waals surface area (Å²) >= 11 is 0. The van der Waals surface area contributed by atoms with Gasteiger partial charge in [-0.05, 0) is 31.4 Å². The van der Waals surface area contributed by atoms with E-state index in [1.165, 1.54) is 12.3 Å². The van der Waals surface area contributed by atoms with E-state index < -0.39 is 0 Å². The molecule has 0 spiro atoms. The molecule has 96 valence electrons. The number of nitrogens with zero attached hydrogens (tertiary/aromatic N) is 1. The third-order valence-electron chi connectivity index (χ3n) is 2.76. The second-order valence-corrected chi connectivity index (χ2v) is 4.70. The van der Waals surface area contributed by atoms with Gasteiger partial charge in [-0.15, -0.1) is 0 Å². The second kappa shape index (κ2) is 6.67. The molecule has 2 atom stereocenters. The van der Waals surface area contributed by atoms with E-state index in [2.05, 4.69) is 24.1 Å². The molecule has 0 fully saturated rings. The summed E-state index contributed by atoms with van der Waals surface area (Å²) in [5, 5.41) is 12.3. The highest BCUT2D eigenvalue weighted by Crippen LogP contribution is 2.20. The van der Waals surface area contributed by atoms with E-state index in [-0.39, 0.29) is 24.5 Å². The predicted molar refractivity (Wildman–Crippen MR) is 66.1 cm³/mol. The van der Waals surface area contributed by atoms with E-state index in [0.717, 1.165) is 5.69 Å². The zero-order valence-corrected chi connectivity index (χ0v) is 10.7. The molecule has 0 aliphatic carbocycles. The minimum absolute atomic E-state index is 0.0807. The topological polar surface area (TPSA) is 45.1 Å². The van der Waals surface area contributed by atoms with Crippen molar-refractivity contribution < 1.29 is 9.50 Å². The van der Waals surface area contributed by atoms with Crippen molar-refractivity contribution in [2.24, 2.45) is 5.92 Å². The van der Waals surface area contributed by atoms with Crippen molar-refractivity contribution in [3.05, 3.63) is 29.8 Å². The van der Waals surface area contributed by atoms with Crippen LogP contribution in [0.1, 0.15) is 38.9 Å². The van der Waals surface area contributed by atoms with Crippen LogP contribution in [0, 0.1) is 11.7 Å². The number of aromatic nitrogens is 1. The lowest BCUT2D eigenvalue weighted by Gasteiger charge is -2.25. The second-order valence-electron chi connectivity index (χ2n) is 4.70. The molecule has 3 nitrogen and oxygen atoms in total. The molecule has 0 aliphatic heterocycles. The van der Waals surface area contributed by atoms with Gasteiger partial charge in [0.1, 0.15) is 5.82 Å². The van der Waals surface area contributed by atoms with E-state index in [1.807, 2.05) is 6.92 Å². The maximum Gasteiger partial charge on any atom is 0.141 e. The third kappa shape index (κ3) is 4.40. The van der Waals surface area contributed by atoms with Crippen LogP contribution >= 0.6 is 0 Å². The maximum absolute atomic E-state index is 12.8. The average molecular weight is 240 g/mol. The summed E-state index contributed by atoms with van der Waals surface area (Å²) in [7, 11) is 0. The van der Waals surface area contributed by atoms with Crippen LogP contribution in [0.5, 0.6) is 0 Å². The van der Waals surface area contributed by atoms with Crippen LogP contribution in [0.3, 0.4) is 0 Å². The fourth-order valence-electron chi connectivity index (χ4n) is 1.77. The molecule has 2 N–H and O–H groups in total. The van der Waals surface area contributed by atoms with Gasteiger partial charge < -0.3 is 10.4 Å². The van der Waals surface area contributed by atoms with Crippen LogP contribution in [-0.2, 0) is 0 Å². The number of rotatable bonds is 6. The van der Waals surface area contributed by atoms with Crippen molar-refractivity contribution in [1.82, 2.24) is 10.3 Å². The molecule has 0 aromatic carbocycles. The standard InChI is InChI=1S/C13H21FN2O/c1-9(2)13(16-10(3)6-7-17)12-5-4-11(14)8-15-12/h4-5,8-10,13,16-17H,6-7H2,1-3H3. The van der Waals surface area contributed by atoms with Crippen LogP contribution in [0.4, 0.5) is 4.39 Å². The van der Waals surface area contributed by atoms with E-state index in [1.54, 1.807) is 6.07 Å². The van der Waals surface area contributed by atoms with Crippen molar-refractivity contribution in [2.45, 2.75) is 39.3 Å². The number of pyridine rings is 1. The van der Waals surface area contributed by atoms with Crippen LogP contribution in [-0.4, -0.2) is 22.7 Å². The van der Waals surface area contributed by atoms with Crippen molar-refractivity contribution >= 4 is 0 Å². The molecular weight excluding hydrogens is 219 g/mol. The number of aliphatic hydroxyl groups excluding tert-OH is 1. The Hall–Kier alpha value is -1.00. The van der Waals surface area contributed by atoms with Gasteiger partial charge >= 0.3 is 0 Å². The Morgan fingerprint density at radius 3 is 2.53 bits per heavy atom. The Bertz CT molecular complexity index is 327. The normalized spacial score (nSPS) is 14.9. The highest BCUT2D eigenvalue weighted by atomic mass is 19.1. The summed E-state index contributed by atoms with van der Waals surface area (Å²) in [6.07, 6.45) is 1.94. The van der Waals surface area contributed by atoms with Gasteiger partial charge in [0.05, 0.1) is 17.9 Å². The smallest absolute Gasteiger partial charge is 0.141 e. The van der Waals surface area contributed by atoms with E-state index in [4.69, 9.17) is 5.11 Å². The molecule has 2 unspecified atom stereocenters. The van der Waals surface area contributed by atoms with Crippen LogP contribution in [0.2, 0.25) is 0 Å². The van der Waals surface area contributed by atoms with Gasteiger partial charge in [0.15, 0.2) is 0 Å². The highest BCUT2D eigenvalue weighted by Gasteiger charge is 2.18. The molecule has 0 saturated carbocycles. The van der Waals surface area contributed by atoms with Gasteiger partial charge in [-0.3, -0.25) is 4.98 Å². The van der Waals surface area contributed by atoms with Crippen molar-refractivity contribution in [2.75, 3.05) is 6.61 Å². The molecule has 0 saturated heterocycles. The van der Waals surface area contributed by atoms with Gasteiger partial charge in [0.2, 0.25) is 0 Å². The summed E-state index contributed by atoms with van der Waals surface area (Å²) in [6.45, 7) is 6.37. The zero-order valence-electron chi connectivity index (χ0n) is 10.7. The molecule has 0 radical (unpaired) electrons. The first-order valence-electron chi connectivity index (χ1n) is 6.03. The SMILES string of the molecule is CC(CCO)NC(c1ccc(F)cn1)C(C)C. The van der Waals surface area contributed by atoms with Gasteiger partial charge in [-0.25, -0.2) is 4.39 Å². The molecule has 1 heterocycles. The summed E-state index contributed by atoms with van der Waals surface area (Å²) in [6, 6.07) is 3.42. The monoisotopic (exact) mass is 240 g/mol. The van der Waals surface area contributed by atoms with Crippen molar-refractivity contribution in [1.29, 1.82) is 0 Å². The molecule has 0 bridgehead atoms. The van der Waals surface area contributed by atoms with Gasteiger partial charge in [-0.1, -0.05) is 13.8 Å². The molecule has 0 aliphatic rings. The van der Waals surface area contributed by atoms with Crippen LogP contribution in [0.15, 0.2) is 18.3 Å². The first kappa shape index (κ1) is 14.1. The molecule has 1 aromatic heterocycles. The number of hydrogen-bond acceptors (Lipinski definition) is 3. The van der Waals surface area contributed by atoms with Gasteiger partial charge in [-0.2, -0.15) is 0 Å². The Balaban J connectivity index is 2.75. The minimum Gasteiger partial charge on any atom is -0.396 e. The largest absolute Gasteiger partial charge is 0.396 e. The first-order valence-corrected chi connectivity index (χ1v) is 6.03. The Morgan fingerprint density at radius 2 is 2.06 bits per heavy atom. The lowest BCUT2D eigenvalue weighted by atomic mass is 9.99. The Labute approximate surface area is 102 Å². The zero-order chi connectivity index (χ0) is 12.8. The molecule has 1 rings (SSSR count). The molecule has 17 heavy (non-hydrogen) atoms. The van der Waals surface area contributed by atoms with Crippen molar-refractivity contribution in [3.8, 4) is 0 Å². The summed E-state index contributed by atoms with van der Waals surface area (Å²) < 4.78 is 12.8. The Kier molecular flexibility index (Phi) is 5.51. The van der Waals surface area contributed by atoms with E-state index in [0.29, 0.717) is 12.3 Å². The summed E-state index contributed by atoms with van der Waals surface area (Å²) in [5.74, 6) is 0.0359. The van der Waals surface area contributed by atoms with Crippen molar-refractivity contribution in [3.63, 3.8) is 0 Å². The number of hydrogen-bond donors (Lipinski definition) is 2. The van der Waals surface area contributed by atoms with Crippen LogP contribution in [0.25, 0.3) is 0 Å². The van der Waals surface area contributed by atoms with E-state index in [9.17, 15) is 4.39 Å². The minimum atomic E-state index is -0.320. The number of nitrogens with one attached hydrogen (secondary N) is 1. The average Bonchev–Trinajstić information content (AvgIpc) is 2.27. The third-order valence-corrected chi connectivity index (χ3v) is 2.76. The fourth-order valence-corrected chi connectivity index (χ4v) is 1.77. The van der Waals surface area contributed by atoms with Crippen LogP contribution < -0.4 is 5.32 Å². The first-order chi connectivity index (χ1) is 8.04. The quantitative estimate of drug-likeness (QED) is 0.802. The molecule has 0 amide bonds. The summed E-state index contributed by atoms with van der Waals surface area (Å²) in [4.78, 5) is 4.11. The summed E-state index contributed by atoms with van der Waals surface area (Å²) in [5.41, 5.74) is 0.839. The maximum atomic E-state index is 12.8. The fraction of sp³-hybridized carbons (Fsp3) is 0.615. The van der Waals surface area contributed by atoms with Gasteiger partial charge in [0, 0.05) is 12.6 Å². The lowest BCUT2D eigenvalue weighted by Crippen LogP contribution is -2.34. The Morgan fingerprint density at radius 1 is 1.35 bits per heavy atom. The predicted octanol–water partition coefficient (Wildman–Crippen LogP) is 2.28. The molecule has 4 heteroatoms. The molecule has 1 aromatic rings. The molecular formula is C13H21FN2O. The van der Waals surface area contributed by atoms with E-state index >= 15 is 0 Å². The van der Waals surface area contributed by atoms with Gasteiger partial charge in [0.25, 0.3) is 0 Å². The number of aliphatic hydroxyl groups is 1. The lowest BCUT2D eigenvalue weighted by molar-refractivity contribution is 0.254. The number of halogens is 1. The highest BCUT2D eigenvalue weighted by molar-refractivity contribution is 5.10.